The first-order chi connectivity index (χ1) is 14.1. The number of hydrogen-bond donors (Lipinski definition) is 0. The molecule has 0 unspecified atom stereocenters. The van der Waals surface area contributed by atoms with Gasteiger partial charge in [0.25, 0.3) is 5.89 Å². The van der Waals surface area contributed by atoms with Gasteiger partial charge in [-0.05, 0) is 42.8 Å². The van der Waals surface area contributed by atoms with Crippen LogP contribution in [0.5, 0.6) is 23.0 Å². The van der Waals surface area contributed by atoms with Gasteiger partial charge >= 0.3 is 0 Å². The summed E-state index contributed by atoms with van der Waals surface area (Å²) < 4.78 is 27.2. The number of halogens is 1. The summed E-state index contributed by atoms with van der Waals surface area (Å²) in [6.07, 6.45) is 1.74. The normalized spacial score (nSPS) is 11.3. The van der Waals surface area contributed by atoms with Gasteiger partial charge in [-0.3, -0.25) is 0 Å². The maximum absolute atomic E-state index is 6.37. The van der Waals surface area contributed by atoms with E-state index < -0.39 is 0 Å². The number of hydrogen-bond acceptors (Lipinski definition) is 7. The van der Waals surface area contributed by atoms with Crippen molar-refractivity contribution in [1.29, 1.82) is 0 Å². The van der Waals surface area contributed by atoms with Crippen molar-refractivity contribution in [1.82, 2.24) is 10.2 Å². The molecule has 7 nitrogen and oxygen atoms in total. The first-order valence-electron chi connectivity index (χ1n) is 8.83. The predicted molar refractivity (Wildman–Crippen MR) is 111 cm³/mol. The van der Waals surface area contributed by atoms with Crippen LogP contribution >= 0.6 is 11.6 Å². The summed E-state index contributed by atoms with van der Waals surface area (Å²) >= 11 is 6.37. The number of ether oxygens (including phenoxy) is 4. The summed E-state index contributed by atoms with van der Waals surface area (Å²) in [5.74, 6) is 2.72. The summed E-state index contributed by atoms with van der Waals surface area (Å²) in [5, 5.41) is 8.43. The summed E-state index contributed by atoms with van der Waals surface area (Å²) in [5.41, 5.74) is 1.50. The molecule has 2 aromatic carbocycles. The molecular formula is C21H21ClN2O5. The summed E-state index contributed by atoms with van der Waals surface area (Å²) in [6, 6.07) is 11.0. The van der Waals surface area contributed by atoms with Crippen molar-refractivity contribution in [3.05, 3.63) is 47.9 Å². The third-order valence-corrected chi connectivity index (χ3v) is 4.30. The summed E-state index contributed by atoms with van der Waals surface area (Å²) in [4.78, 5) is 0. The number of rotatable bonds is 8. The lowest BCUT2D eigenvalue weighted by Crippen LogP contribution is -1.95. The highest BCUT2D eigenvalue weighted by molar-refractivity contribution is 6.50. The number of nitrogens with zero attached hydrogens (tertiary/aromatic N) is 2. The van der Waals surface area contributed by atoms with E-state index in [-0.39, 0.29) is 11.8 Å². The molecule has 0 saturated carbocycles. The molecule has 0 radical (unpaired) electrons. The predicted octanol–water partition coefficient (Wildman–Crippen LogP) is 4.90. The van der Waals surface area contributed by atoms with Crippen LogP contribution in [0.4, 0.5) is 0 Å². The van der Waals surface area contributed by atoms with E-state index in [0.717, 1.165) is 11.3 Å². The van der Waals surface area contributed by atoms with Gasteiger partial charge in [0, 0.05) is 5.56 Å². The molecular weight excluding hydrogens is 396 g/mol. The number of aromatic nitrogens is 2. The van der Waals surface area contributed by atoms with Crippen molar-refractivity contribution >= 4 is 22.7 Å². The quantitative estimate of drug-likeness (QED) is 0.517. The zero-order valence-corrected chi connectivity index (χ0v) is 17.3. The number of benzene rings is 2. The highest BCUT2D eigenvalue weighted by atomic mass is 35.5. The molecule has 1 aromatic heterocycles. The average Bonchev–Trinajstić information content (AvgIpc) is 3.24. The van der Waals surface area contributed by atoms with Gasteiger partial charge in [0.2, 0.25) is 11.6 Å². The Kier molecular flexibility index (Phi) is 6.61. The molecule has 8 heteroatoms. The number of methoxy groups -OCH3 is 3. The van der Waals surface area contributed by atoms with E-state index in [9.17, 15) is 0 Å². The summed E-state index contributed by atoms with van der Waals surface area (Å²) in [7, 11) is 4.61. The van der Waals surface area contributed by atoms with Crippen LogP contribution in [0.15, 0.2) is 40.8 Å². The Morgan fingerprint density at radius 2 is 1.66 bits per heavy atom. The fourth-order valence-electron chi connectivity index (χ4n) is 2.68. The minimum atomic E-state index is 0.198. The fourth-order valence-corrected chi connectivity index (χ4v) is 2.88. The first-order valence-corrected chi connectivity index (χ1v) is 9.21. The average molecular weight is 417 g/mol. The Morgan fingerprint density at radius 3 is 2.21 bits per heavy atom. The molecule has 0 aliphatic rings. The van der Waals surface area contributed by atoms with Crippen LogP contribution in [0.2, 0.25) is 0 Å². The molecule has 3 aromatic rings. The Bertz CT molecular complexity index is 974. The lowest BCUT2D eigenvalue weighted by Gasteiger charge is -2.12. The van der Waals surface area contributed by atoms with Crippen LogP contribution < -0.4 is 18.9 Å². The zero-order valence-electron chi connectivity index (χ0n) is 16.6. The van der Waals surface area contributed by atoms with Gasteiger partial charge in [0.15, 0.2) is 11.5 Å². The molecule has 152 valence electrons. The maximum atomic E-state index is 6.37. The summed E-state index contributed by atoms with van der Waals surface area (Å²) in [6.45, 7) is 2.55. The molecule has 0 atom stereocenters. The molecule has 0 fully saturated rings. The molecule has 0 aliphatic carbocycles. The van der Waals surface area contributed by atoms with Crippen molar-refractivity contribution < 1.29 is 23.4 Å². The van der Waals surface area contributed by atoms with E-state index in [4.69, 9.17) is 35.0 Å². The first kappa shape index (κ1) is 20.5. The topological polar surface area (TPSA) is 75.8 Å². The van der Waals surface area contributed by atoms with E-state index >= 15 is 0 Å². The smallest absolute Gasteiger partial charge is 0.259 e. The van der Waals surface area contributed by atoms with Crippen LogP contribution in [0.3, 0.4) is 0 Å². The minimum absolute atomic E-state index is 0.198. The van der Waals surface area contributed by atoms with Gasteiger partial charge in [-0.25, -0.2) is 0 Å². The van der Waals surface area contributed by atoms with E-state index in [0.29, 0.717) is 34.5 Å². The highest BCUT2D eigenvalue weighted by Gasteiger charge is 2.18. The van der Waals surface area contributed by atoms with Gasteiger partial charge in [-0.15, -0.1) is 10.2 Å². The highest BCUT2D eigenvalue weighted by Crippen LogP contribution is 2.41. The Morgan fingerprint density at radius 1 is 1.00 bits per heavy atom. The van der Waals surface area contributed by atoms with Gasteiger partial charge < -0.3 is 23.4 Å². The van der Waals surface area contributed by atoms with Crippen LogP contribution in [0.1, 0.15) is 18.4 Å². The van der Waals surface area contributed by atoms with Gasteiger partial charge in [0.1, 0.15) is 10.8 Å². The molecule has 0 saturated heterocycles. The van der Waals surface area contributed by atoms with Crippen LogP contribution in [-0.4, -0.2) is 38.1 Å². The van der Waals surface area contributed by atoms with E-state index in [1.54, 1.807) is 18.2 Å². The second-order valence-electron chi connectivity index (χ2n) is 5.82. The van der Waals surface area contributed by atoms with Crippen molar-refractivity contribution in [2.24, 2.45) is 0 Å². The van der Waals surface area contributed by atoms with Crippen molar-refractivity contribution in [3.8, 4) is 34.5 Å². The van der Waals surface area contributed by atoms with E-state index in [1.165, 1.54) is 21.3 Å². The second-order valence-corrected chi connectivity index (χ2v) is 6.23. The van der Waals surface area contributed by atoms with Gasteiger partial charge in [0.05, 0.1) is 27.9 Å². The van der Waals surface area contributed by atoms with Crippen molar-refractivity contribution in [2.45, 2.75) is 6.92 Å². The fraction of sp³-hybridized carbons (Fsp3) is 0.238. The molecule has 0 spiro atoms. The Hall–Kier alpha value is -3.19. The Balaban J connectivity index is 1.88. The van der Waals surface area contributed by atoms with Crippen molar-refractivity contribution in [2.75, 3.05) is 27.9 Å². The molecule has 0 bridgehead atoms. The molecule has 3 rings (SSSR count). The third-order valence-electron chi connectivity index (χ3n) is 4.03. The maximum Gasteiger partial charge on any atom is 0.259 e. The largest absolute Gasteiger partial charge is 0.494 e. The monoisotopic (exact) mass is 416 g/mol. The lowest BCUT2D eigenvalue weighted by molar-refractivity contribution is 0.324. The van der Waals surface area contributed by atoms with Gasteiger partial charge in [-0.2, -0.15) is 0 Å². The molecule has 1 heterocycles. The van der Waals surface area contributed by atoms with Crippen molar-refractivity contribution in [3.63, 3.8) is 0 Å². The lowest BCUT2D eigenvalue weighted by atomic mass is 10.2. The SMILES string of the molecule is CCOc1ccc(/C=C(\Cl)c2nnc(-c3cc(OC)c(OC)c(OC)c3)o2)cc1. The standard InChI is InChI=1S/C21H21ClN2O5/c1-5-28-15-8-6-13(7-9-15)10-16(22)21-24-23-20(29-21)14-11-17(25-2)19(27-4)18(12-14)26-3/h6-12H,5H2,1-4H3/b16-10-. The zero-order chi connectivity index (χ0) is 20.8. The third kappa shape index (κ3) is 4.63. The minimum Gasteiger partial charge on any atom is -0.494 e. The van der Waals surface area contributed by atoms with Crippen LogP contribution in [0.25, 0.3) is 22.6 Å². The van der Waals surface area contributed by atoms with Gasteiger partial charge in [-0.1, -0.05) is 23.7 Å². The van der Waals surface area contributed by atoms with Crippen LogP contribution in [0, 0.1) is 0 Å². The molecule has 0 N–H and O–H groups in total. The second kappa shape index (κ2) is 9.34. The van der Waals surface area contributed by atoms with Crippen LogP contribution in [-0.2, 0) is 0 Å². The molecule has 0 aliphatic heterocycles. The van der Waals surface area contributed by atoms with E-state index in [1.807, 2.05) is 31.2 Å². The van der Waals surface area contributed by atoms with E-state index in [2.05, 4.69) is 10.2 Å². The Labute approximate surface area is 173 Å². The molecule has 29 heavy (non-hydrogen) atoms. The molecule has 0 amide bonds.